The highest BCUT2D eigenvalue weighted by atomic mass is 16.3. The van der Waals surface area contributed by atoms with Crippen molar-refractivity contribution in [3.05, 3.63) is 29.8 Å². The first-order chi connectivity index (χ1) is 9.13. The number of benzene rings is 1. The second kappa shape index (κ2) is 6.40. The number of rotatable bonds is 4. The van der Waals surface area contributed by atoms with Gasteiger partial charge in [-0.3, -0.25) is 4.90 Å². The Labute approximate surface area is 116 Å². The van der Waals surface area contributed by atoms with Crippen LogP contribution in [0, 0.1) is 0 Å². The van der Waals surface area contributed by atoms with Crippen molar-refractivity contribution in [1.82, 2.24) is 4.90 Å². The number of hydrogen-bond acceptors (Lipinski definition) is 3. The van der Waals surface area contributed by atoms with Gasteiger partial charge in [0.15, 0.2) is 0 Å². The van der Waals surface area contributed by atoms with Gasteiger partial charge in [-0.15, -0.1) is 0 Å². The van der Waals surface area contributed by atoms with Gasteiger partial charge in [0.25, 0.3) is 0 Å². The lowest BCUT2D eigenvalue weighted by Crippen LogP contribution is -2.49. The summed E-state index contributed by atoms with van der Waals surface area (Å²) in [7, 11) is 0. The van der Waals surface area contributed by atoms with E-state index in [2.05, 4.69) is 35.8 Å². The van der Waals surface area contributed by atoms with E-state index >= 15 is 0 Å². The molecule has 3 nitrogen and oxygen atoms in total. The van der Waals surface area contributed by atoms with Crippen molar-refractivity contribution in [3.63, 3.8) is 0 Å². The third-order valence-corrected chi connectivity index (χ3v) is 4.26. The summed E-state index contributed by atoms with van der Waals surface area (Å²) in [5.74, 6) is 0. The standard InChI is InChI=1S/C16H26N2O/c1-4-13(2)17-9-11-18(12-10-17)16-8-6-5-7-15(16)14(3)19/h5-8,13-14,19H,4,9-12H2,1-3H3/t13?,14-/m1/s1. The Balaban J connectivity index is 2.06. The third-order valence-electron chi connectivity index (χ3n) is 4.26. The van der Waals surface area contributed by atoms with E-state index < -0.39 is 6.10 Å². The van der Waals surface area contributed by atoms with Crippen LogP contribution in [0.25, 0.3) is 0 Å². The first kappa shape index (κ1) is 14.4. The van der Waals surface area contributed by atoms with Gasteiger partial charge < -0.3 is 10.0 Å². The van der Waals surface area contributed by atoms with Crippen molar-refractivity contribution in [1.29, 1.82) is 0 Å². The first-order valence-corrected chi connectivity index (χ1v) is 7.39. The molecule has 0 amide bonds. The highest BCUT2D eigenvalue weighted by molar-refractivity contribution is 5.54. The zero-order valence-corrected chi connectivity index (χ0v) is 12.3. The van der Waals surface area contributed by atoms with Crippen LogP contribution in [0.5, 0.6) is 0 Å². The van der Waals surface area contributed by atoms with Gasteiger partial charge in [0.2, 0.25) is 0 Å². The maximum Gasteiger partial charge on any atom is 0.0781 e. The van der Waals surface area contributed by atoms with Gasteiger partial charge in [0, 0.05) is 43.5 Å². The van der Waals surface area contributed by atoms with Crippen molar-refractivity contribution in [2.45, 2.75) is 39.3 Å². The Morgan fingerprint density at radius 1 is 1.11 bits per heavy atom. The van der Waals surface area contributed by atoms with Crippen molar-refractivity contribution in [3.8, 4) is 0 Å². The fraction of sp³-hybridized carbons (Fsp3) is 0.625. The molecule has 0 aliphatic carbocycles. The Kier molecular flexibility index (Phi) is 4.83. The Bertz CT molecular complexity index is 397. The molecule has 1 fully saturated rings. The molecule has 0 bridgehead atoms. The second-order valence-electron chi connectivity index (χ2n) is 5.52. The van der Waals surface area contributed by atoms with Crippen molar-refractivity contribution in [2.24, 2.45) is 0 Å². The zero-order valence-electron chi connectivity index (χ0n) is 12.3. The number of para-hydroxylation sites is 1. The molecule has 1 aromatic carbocycles. The molecular formula is C16H26N2O. The van der Waals surface area contributed by atoms with Gasteiger partial charge in [0.1, 0.15) is 0 Å². The van der Waals surface area contributed by atoms with E-state index in [4.69, 9.17) is 0 Å². The zero-order chi connectivity index (χ0) is 13.8. The molecule has 2 atom stereocenters. The predicted octanol–water partition coefficient (Wildman–Crippen LogP) is 2.66. The van der Waals surface area contributed by atoms with Gasteiger partial charge in [-0.25, -0.2) is 0 Å². The van der Waals surface area contributed by atoms with E-state index in [-0.39, 0.29) is 0 Å². The number of anilines is 1. The van der Waals surface area contributed by atoms with Crippen LogP contribution in [0.15, 0.2) is 24.3 Å². The Morgan fingerprint density at radius 3 is 2.32 bits per heavy atom. The summed E-state index contributed by atoms with van der Waals surface area (Å²) in [4.78, 5) is 4.96. The topological polar surface area (TPSA) is 26.7 Å². The summed E-state index contributed by atoms with van der Waals surface area (Å²) < 4.78 is 0. The third kappa shape index (κ3) is 3.28. The quantitative estimate of drug-likeness (QED) is 0.903. The summed E-state index contributed by atoms with van der Waals surface area (Å²) in [5, 5.41) is 9.88. The van der Waals surface area contributed by atoms with E-state index in [1.807, 2.05) is 19.1 Å². The largest absolute Gasteiger partial charge is 0.389 e. The molecule has 1 saturated heterocycles. The summed E-state index contributed by atoms with van der Waals surface area (Å²) in [6, 6.07) is 8.89. The van der Waals surface area contributed by atoms with E-state index in [1.54, 1.807) is 0 Å². The summed E-state index contributed by atoms with van der Waals surface area (Å²) in [6.45, 7) is 10.7. The second-order valence-corrected chi connectivity index (χ2v) is 5.52. The minimum absolute atomic E-state index is 0.399. The van der Waals surface area contributed by atoms with E-state index in [9.17, 15) is 5.11 Å². The molecule has 19 heavy (non-hydrogen) atoms. The Hall–Kier alpha value is -1.06. The maximum absolute atomic E-state index is 9.88. The molecule has 106 valence electrons. The lowest BCUT2D eigenvalue weighted by Gasteiger charge is -2.39. The number of aliphatic hydroxyl groups excluding tert-OH is 1. The summed E-state index contributed by atoms with van der Waals surface area (Å²) >= 11 is 0. The smallest absolute Gasteiger partial charge is 0.0781 e. The van der Waals surface area contributed by atoms with Crippen LogP contribution >= 0.6 is 0 Å². The van der Waals surface area contributed by atoms with Gasteiger partial charge >= 0.3 is 0 Å². The fourth-order valence-corrected chi connectivity index (χ4v) is 2.79. The number of aliphatic hydroxyl groups is 1. The van der Waals surface area contributed by atoms with Gasteiger partial charge in [0.05, 0.1) is 6.10 Å². The number of hydrogen-bond donors (Lipinski definition) is 1. The van der Waals surface area contributed by atoms with E-state index in [0.717, 1.165) is 31.7 Å². The molecule has 2 rings (SSSR count). The average Bonchev–Trinajstić information content (AvgIpc) is 2.46. The number of piperazine rings is 1. The molecule has 0 saturated carbocycles. The molecule has 0 aromatic heterocycles. The Morgan fingerprint density at radius 2 is 1.74 bits per heavy atom. The van der Waals surface area contributed by atoms with E-state index in [1.165, 1.54) is 12.1 Å². The molecule has 1 aliphatic heterocycles. The molecule has 1 N–H and O–H groups in total. The van der Waals surface area contributed by atoms with Crippen LogP contribution in [0.4, 0.5) is 5.69 Å². The van der Waals surface area contributed by atoms with Crippen LogP contribution in [-0.2, 0) is 0 Å². The maximum atomic E-state index is 9.88. The SMILES string of the molecule is CCC(C)N1CCN(c2ccccc2[C@@H](C)O)CC1. The fourth-order valence-electron chi connectivity index (χ4n) is 2.79. The molecule has 0 spiro atoms. The van der Waals surface area contributed by atoms with Gasteiger partial charge in [-0.2, -0.15) is 0 Å². The lowest BCUT2D eigenvalue weighted by molar-refractivity contribution is 0.189. The molecule has 0 radical (unpaired) electrons. The van der Waals surface area contributed by atoms with Crippen LogP contribution in [-0.4, -0.2) is 42.2 Å². The highest BCUT2D eigenvalue weighted by Crippen LogP contribution is 2.27. The monoisotopic (exact) mass is 262 g/mol. The van der Waals surface area contributed by atoms with E-state index in [0.29, 0.717) is 6.04 Å². The minimum atomic E-state index is -0.399. The number of nitrogens with zero attached hydrogens (tertiary/aromatic N) is 2. The average molecular weight is 262 g/mol. The molecule has 1 unspecified atom stereocenters. The van der Waals surface area contributed by atoms with Crippen molar-refractivity contribution in [2.75, 3.05) is 31.1 Å². The highest BCUT2D eigenvalue weighted by Gasteiger charge is 2.22. The molecule has 1 heterocycles. The molecule has 1 aliphatic rings. The van der Waals surface area contributed by atoms with Crippen molar-refractivity contribution >= 4 is 5.69 Å². The first-order valence-electron chi connectivity index (χ1n) is 7.39. The van der Waals surface area contributed by atoms with Gasteiger partial charge in [-0.1, -0.05) is 25.1 Å². The van der Waals surface area contributed by atoms with Gasteiger partial charge in [-0.05, 0) is 26.3 Å². The minimum Gasteiger partial charge on any atom is -0.389 e. The van der Waals surface area contributed by atoms with Crippen LogP contribution in [0.1, 0.15) is 38.9 Å². The van der Waals surface area contributed by atoms with Crippen LogP contribution in [0.2, 0.25) is 0 Å². The van der Waals surface area contributed by atoms with Crippen LogP contribution < -0.4 is 4.90 Å². The predicted molar refractivity (Wildman–Crippen MR) is 80.6 cm³/mol. The molecule has 1 aromatic rings. The lowest BCUT2D eigenvalue weighted by atomic mass is 10.1. The van der Waals surface area contributed by atoms with Crippen LogP contribution in [0.3, 0.4) is 0 Å². The summed E-state index contributed by atoms with van der Waals surface area (Å²) in [6.07, 6.45) is 0.813. The molecule has 3 heteroatoms. The van der Waals surface area contributed by atoms with Crippen molar-refractivity contribution < 1.29 is 5.11 Å². The summed E-state index contributed by atoms with van der Waals surface area (Å²) in [5.41, 5.74) is 2.24. The molecular weight excluding hydrogens is 236 g/mol. The normalized spacial score (nSPS) is 20.3.